The van der Waals surface area contributed by atoms with Gasteiger partial charge in [-0.2, -0.15) is 0 Å². The average Bonchev–Trinajstić information content (AvgIpc) is 2.55. The van der Waals surface area contributed by atoms with Crippen LogP contribution in [0.4, 0.5) is 10.1 Å². The van der Waals surface area contributed by atoms with E-state index in [0.29, 0.717) is 0 Å². The zero-order valence-corrected chi connectivity index (χ0v) is 12.9. The molecule has 1 saturated carbocycles. The Morgan fingerprint density at radius 2 is 1.77 bits per heavy atom. The van der Waals surface area contributed by atoms with Gasteiger partial charge in [0.15, 0.2) is 0 Å². The van der Waals surface area contributed by atoms with E-state index in [1.54, 1.807) is 12.1 Å². The lowest BCUT2D eigenvalue weighted by Crippen LogP contribution is -2.51. The SMILES string of the molecule is NC1CCCC(C(=O)N2CCN(c3ccc(F)cc3)CC2)C1. The number of hydrogen-bond acceptors (Lipinski definition) is 3. The van der Waals surface area contributed by atoms with Crippen molar-refractivity contribution in [2.45, 2.75) is 31.7 Å². The molecular formula is C17H24FN3O. The van der Waals surface area contributed by atoms with Crippen LogP contribution in [0.5, 0.6) is 0 Å². The van der Waals surface area contributed by atoms with E-state index in [1.807, 2.05) is 4.90 Å². The first-order valence-electron chi connectivity index (χ1n) is 8.18. The van der Waals surface area contributed by atoms with Crippen LogP contribution in [0.1, 0.15) is 25.7 Å². The number of amides is 1. The highest BCUT2D eigenvalue weighted by Crippen LogP contribution is 2.26. The third kappa shape index (κ3) is 3.40. The molecule has 0 aromatic heterocycles. The molecule has 0 spiro atoms. The van der Waals surface area contributed by atoms with Crippen molar-refractivity contribution in [3.05, 3.63) is 30.1 Å². The molecule has 0 radical (unpaired) electrons. The lowest BCUT2D eigenvalue weighted by molar-refractivity contribution is -0.137. The molecule has 2 fully saturated rings. The van der Waals surface area contributed by atoms with Gasteiger partial charge in [-0.1, -0.05) is 6.42 Å². The summed E-state index contributed by atoms with van der Waals surface area (Å²) in [5, 5.41) is 0. The Balaban J connectivity index is 1.55. The fourth-order valence-electron chi connectivity index (χ4n) is 3.55. The van der Waals surface area contributed by atoms with Gasteiger partial charge >= 0.3 is 0 Å². The molecule has 1 aromatic carbocycles. The van der Waals surface area contributed by atoms with Gasteiger partial charge < -0.3 is 15.5 Å². The van der Waals surface area contributed by atoms with E-state index in [-0.39, 0.29) is 23.7 Å². The van der Waals surface area contributed by atoms with E-state index in [1.165, 1.54) is 12.1 Å². The third-order valence-electron chi connectivity index (χ3n) is 4.85. The molecule has 1 aliphatic heterocycles. The largest absolute Gasteiger partial charge is 0.368 e. The summed E-state index contributed by atoms with van der Waals surface area (Å²) in [4.78, 5) is 16.8. The van der Waals surface area contributed by atoms with Crippen LogP contribution >= 0.6 is 0 Å². The topological polar surface area (TPSA) is 49.6 Å². The van der Waals surface area contributed by atoms with E-state index in [2.05, 4.69) is 4.90 Å². The van der Waals surface area contributed by atoms with Gasteiger partial charge in [-0.3, -0.25) is 4.79 Å². The summed E-state index contributed by atoms with van der Waals surface area (Å²) in [6.45, 7) is 3.08. The molecule has 1 amide bonds. The van der Waals surface area contributed by atoms with Gasteiger partial charge in [0.2, 0.25) is 5.91 Å². The van der Waals surface area contributed by atoms with Gasteiger partial charge in [0.05, 0.1) is 0 Å². The van der Waals surface area contributed by atoms with Crippen molar-refractivity contribution < 1.29 is 9.18 Å². The number of hydrogen-bond donors (Lipinski definition) is 1. The van der Waals surface area contributed by atoms with Crippen LogP contribution in [0.3, 0.4) is 0 Å². The van der Waals surface area contributed by atoms with Gasteiger partial charge in [0, 0.05) is 43.8 Å². The predicted molar refractivity (Wildman–Crippen MR) is 85.1 cm³/mol. The number of halogens is 1. The van der Waals surface area contributed by atoms with Gasteiger partial charge in [-0.25, -0.2) is 4.39 Å². The molecule has 120 valence electrons. The number of benzene rings is 1. The third-order valence-corrected chi connectivity index (χ3v) is 4.85. The van der Waals surface area contributed by atoms with Crippen molar-refractivity contribution in [3.8, 4) is 0 Å². The molecule has 5 heteroatoms. The second-order valence-electron chi connectivity index (χ2n) is 6.41. The van der Waals surface area contributed by atoms with Gasteiger partial charge in [-0.15, -0.1) is 0 Å². The van der Waals surface area contributed by atoms with Crippen molar-refractivity contribution in [2.75, 3.05) is 31.1 Å². The van der Waals surface area contributed by atoms with E-state index >= 15 is 0 Å². The molecule has 1 saturated heterocycles. The molecule has 2 aliphatic rings. The monoisotopic (exact) mass is 305 g/mol. The second kappa shape index (κ2) is 6.65. The number of rotatable bonds is 2. The first kappa shape index (κ1) is 15.3. The van der Waals surface area contributed by atoms with Crippen molar-refractivity contribution >= 4 is 11.6 Å². The van der Waals surface area contributed by atoms with Crippen LogP contribution in [-0.2, 0) is 4.79 Å². The van der Waals surface area contributed by atoms with Crippen LogP contribution in [0.2, 0.25) is 0 Å². The Bertz CT molecular complexity index is 511. The Morgan fingerprint density at radius 3 is 2.41 bits per heavy atom. The Morgan fingerprint density at radius 1 is 1.09 bits per heavy atom. The second-order valence-corrected chi connectivity index (χ2v) is 6.41. The summed E-state index contributed by atoms with van der Waals surface area (Å²) in [6.07, 6.45) is 3.91. The molecule has 4 nitrogen and oxygen atoms in total. The Kier molecular flexibility index (Phi) is 4.62. The summed E-state index contributed by atoms with van der Waals surface area (Å²) in [5.41, 5.74) is 7.01. The minimum atomic E-state index is -0.216. The molecule has 2 N–H and O–H groups in total. The van der Waals surface area contributed by atoms with Crippen molar-refractivity contribution in [1.82, 2.24) is 4.90 Å². The molecule has 0 bridgehead atoms. The van der Waals surface area contributed by atoms with E-state index in [0.717, 1.165) is 57.5 Å². The fourth-order valence-corrected chi connectivity index (χ4v) is 3.55. The number of nitrogens with two attached hydrogens (primary N) is 1. The summed E-state index contributed by atoms with van der Waals surface area (Å²) in [5.74, 6) is 0.168. The molecule has 2 atom stereocenters. The minimum Gasteiger partial charge on any atom is -0.368 e. The van der Waals surface area contributed by atoms with Gasteiger partial charge in [-0.05, 0) is 43.5 Å². The number of nitrogens with zero attached hydrogens (tertiary/aromatic N) is 2. The van der Waals surface area contributed by atoms with Gasteiger partial charge in [0.1, 0.15) is 5.82 Å². The van der Waals surface area contributed by atoms with Crippen LogP contribution in [-0.4, -0.2) is 43.0 Å². The van der Waals surface area contributed by atoms with Gasteiger partial charge in [0.25, 0.3) is 0 Å². The summed E-state index contributed by atoms with van der Waals surface area (Å²) < 4.78 is 13.0. The van der Waals surface area contributed by atoms with Crippen LogP contribution in [0.15, 0.2) is 24.3 Å². The predicted octanol–water partition coefficient (Wildman–Crippen LogP) is 1.99. The number of piperazine rings is 1. The van der Waals surface area contributed by atoms with E-state index in [4.69, 9.17) is 5.73 Å². The number of carbonyl (C=O) groups is 1. The summed E-state index contributed by atoms with van der Waals surface area (Å²) in [6, 6.07) is 6.75. The van der Waals surface area contributed by atoms with Crippen LogP contribution in [0.25, 0.3) is 0 Å². The Hall–Kier alpha value is -1.62. The first-order valence-corrected chi connectivity index (χ1v) is 8.18. The highest BCUT2D eigenvalue weighted by atomic mass is 19.1. The standard InChI is InChI=1S/C17H24FN3O/c18-14-4-6-16(7-5-14)20-8-10-21(11-9-20)17(22)13-2-1-3-15(19)12-13/h4-7,13,15H,1-3,8-12,19H2. The summed E-state index contributed by atoms with van der Waals surface area (Å²) in [7, 11) is 0. The number of carbonyl (C=O) groups excluding carboxylic acids is 1. The van der Waals surface area contributed by atoms with Crippen molar-refractivity contribution in [2.24, 2.45) is 11.7 Å². The first-order chi connectivity index (χ1) is 10.6. The Labute approximate surface area is 131 Å². The quantitative estimate of drug-likeness (QED) is 0.909. The lowest BCUT2D eigenvalue weighted by Gasteiger charge is -2.38. The molecule has 2 unspecified atom stereocenters. The summed E-state index contributed by atoms with van der Waals surface area (Å²) >= 11 is 0. The van der Waals surface area contributed by atoms with Crippen LogP contribution < -0.4 is 10.6 Å². The maximum atomic E-state index is 13.0. The van der Waals surface area contributed by atoms with E-state index in [9.17, 15) is 9.18 Å². The highest BCUT2D eigenvalue weighted by molar-refractivity contribution is 5.79. The smallest absolute Gasteiger partial charge is 0.225 e. The molecule has 1 heterocycles. The minimum absolute atomic E-state index is 0.112. The van der Waals surface area contributed by atoms with Crippen molar-refractivity contribution in [1.29, 1.82) is 0 Å². The van der Waals surface area contributed by atoms with Crippen molar-refractivity contribution in [3.63, 3.8) is 0 Å². The molecule has 3 rings (SSSR count). The zero-order chi connectivity index (χ0) is 15.5. The van der Waals surface area contributed by atoms with E-state index < -0.39 is 0 Å². The number of anilines is 1. The highest BCUT2D eigenvalue weighted by Gasteiger charge is 2.30. The van der Waals surface area contributed by atoms with Crippen LogP contribution in [0, 0.1) is 11.7 Å². The molecule has 1 aromatic rings. The lowest BCUT2D eigenvalue weighted by atomic mass is 9.85. The molecular weight excluding hydrogens is 281 g/mol. The zero-order valence-electron chi connectivity index (χ0n) is 12.9. The molecule has 1 aliphatic carbocycles. The normalized spacial score (nSPS) is 26.1. The average molecular weight is 305 g/mol. The molecule has 22 heavy (non-hydrogen) atoms. The maximum absolute atomic E-state index is 13.0. The fraction of sp³-hybridized carbons (Fsp3) is 0.588. The maximum Gasteiger partial charge on any atom is 0.225 e.